The van der Waals surface area contributed by atoms with E-state index in [2.05, 4.69) is 10.4 Å². The Balaban J connectivity index is 0.00000144. The second-order valence-electron chi connectivity index (χ2n) is 3.39. The molecule has 0 unspecified atom stereocenters. The Morgan fingerprint density at radius 2 is 2.12 bits per heavy atom. The molecule has 0 radical (unpaired) electrons. The van der Waals surface area contributed by atoms with Gasteiger partial charge in [0.05, 0.1) is 6.20 Å². The predicted molar refractivity (Wildman–Crippen MR) is 65.2 cm³/mol. The molecule has 94 valence electrons. The van der Waals surface area contributed by atoms with Crippen LogP contribution in [0.1, 0.15) is 10.4 Å². The van der Waals surface area contributed by atoms with Crippen molar-refractivity contribution in [3.05, 3.63) is 39.8 Å². The third kappa shape index (κ3) is 3.49. The van der Waals surface area contributed by atoms with E-state index >= 15 is 0 Å². The Morgan fingerprint density at radius 1 is 1.35 bits per heavy atom. The van der Waals surface area contributed by atoms with Crippen LogP contribution in [0.2, 0.25) is 0 Å². The van der Waals surface area contributed by atoms with Crippen LogP contribution in [0.25, 0.3) is 0 Å². The number of aromatic nitrogens is 2. The first-order chi connectivity index (χ1) is 7.66. The summed E-state index contributed by atoms with van der Waals surface area (Å²) in [4.78, 5) is 0.891. The van der Waals surface area contributed by atoms with Crippen LogP contribution in [0.15, 0.2) is 18.3 Å². The van der Waals surface area contributed by atoms with Crippen LogP contribution in [-0.2, 0) is 20.1 Å². The summed E-state index contributed by atoms with van der Waals surface area (Å²) in [6.07, 6.45) is 1.48. The van der Waals surface area contributed by atoms with Gasteiger partial charge in [-0.3, -0.25) is 0 Å². The molecule has 0 amide bonds. The molecule has 2 aromatic heterocycles. The van der Waals surface area contributed by atoms with E-state index < -0.39 is 0 Å². The van der Waals surface area contributed by atoms with Gasteiger partial charge in [0.2, 0.25) is 5.95 Å². The maximum absolute atomic E-state index is 13.3. The number of aryl methyl sites for hydroxylation is 1. The topological polar surface area (TPSA) is 29.9 Å². The van der Waals surface area contributed by atoms with Gasteiger partial charge in [-0.25, -0.2) is 4.68 Å². The van der Waals surface area contributed by atoms with Gasteiger partial charge in [0.1, 0.15) is 0 Å². The number of rotatable bonds is 4. The lowest BCUT2D eigenvalue weighted by Gasteiger charge is -2.00. The molecule has 0 fully saturated rings. The highest BCUT2D eigenvalue weighted by Gasteiger charge is 2.06. The van der Waals surface area contributed by atoms with Crippen molar-refractivity contribution < 1.29 is 8.78 Å². The van der Waals surface area contributed by atoms with Gasteiger partial charge >= 0.3 is 0 Å². The molecular weight excluding hydrogens is 268 g/mol. The van der Waals surface area contributed by atoms with Gasteiger partial charge in [-0.1, -0.05) is 0 Å². The molecule has 0 spiro atoms. The van der Waals surface area contributed by atoms with Crippen LogP contribution in [-0.4, -0.2) is 9.78 Å². The summed E-state index contributed by atoms with van der Waals surface area (Å²) >= 11 is 1.09. The molecular formula is C10H12ClF2N3S. The smallest absolute Gasteiger partial charge is 0.215 e. The summed E-state index contributed by atoms with van der Waals surface area (Å²) in [5.74, 6) is -0.343. The average molecular weight is 280 g/mol. The molecule has 0 aliphatic rings. The lowest BCUT2D eigenvalue weighted by Crippen LogP contribution is -2.12. The van der Waals surface area contributed by atoms with E-state index in [1.165, 1.54) is 16.9 Å². The SMILES string of the molecule is Cl.Cn1ncc(CNCc2ccc(F)s2)c1F. The molecule has 0 aromatic carbocycles. The molecule has 2 aromatic rings. The van der Waals surface area contributed by atoms with Gasteiger partial charge in [0, 0.05) is 30.6 Å². The standard InChI is InChI=1S/C10H11F2N3S.ClH/c1-15-10(12)7(5-14-15)4-13-6-8-2-3-9(11)16-8;/h2-3,5,13H,4,6H2,1H3;1H. The fourth-order valence-corrected chi connectivity index (χ4v) is 2.05. The quantitative estimate of drug-likeness (QED) is 0.932. The summed E-state index contributed by atoms with van der Waals surface area (Å²) < 4.78 is 27.1. The number of thiophene rings is 1. The summed E-state index contributed by atoms with van der Waals surface area (Å²) in [7, 11) is 1.55. The average Bonchev–Trinajstić information content (AvgIpc) is 2.79. The monoisotopic (exact) mass is 279 g/mol. The Morgan fingerprint density at radius 3 is 2.65 bits per heavy atom. The van der Waals surface area contributed by atoms with E-state index in [9.17, 15) is 8.78 Å². The number of hydrogen-bond donors (Lipinski definition) is 1. The fraction of sp³-hybridized carbons (Fsp3) is 0.300. The lowest BCUT2D eigenvalue weighted by atomic mass is 10.3. The molecule has 2 rings (SSSR count). The Hall–Kier alpha value is -0.980. The minimum absolute atomic E-state index is 0. The molecule has 0 aliphatic heterocycles. The molecule has 17 heavy (non-hydrogen) atoms. The number of nitrogens with one attached hydrogen (secondary N) is 1. The van der Waals surface area contributed by atoms with Gasteiger partial charge in [-0.05, 0) is 12.1 Å². The summed E-state index contributed by atoms with van der Waals surface area (Å²) in [5.41, 5.74) is 0.513. The van der Waals surface area contributed by atoms with Crippen LogP contribution < -0.4 is 5.32 Å². The molecule has 0 saturated heterocycles. The summed E-state index contributed by atoms with van der Waals surface area (Å²) in [6.45, 7) is 0.919. The highest BCUT2D eigenvalue weighted by atomic mass is 35.5. The molecule has 0 aliphatic carbocycles. The number of nitrogens with zero attached hydrogens (tertiary/aromatic N) is 2. The second-order valence-corrected chi connectivity index (χ2v) is 4.51. The number of hydrogen-bond acceptors (Lipinski definition) is 3. The van der Waals surface area contributed by atoms with Crippen LogP contribution in [0, 0.1) is 11.1 Å². The summed E-state index contributed by atoms with van der Waals surface area (Å²) in [6, 6.07) is 3.14. The molecule has 0 bridgehead atoms. The van der Waals surface area contributed by atoms with E-state index in [-0.39, 0.29) is 23.5 Å². The molecule has 1 N–H and O–H groups in total. The van der Waals surface area contributed by atoms with E-state index in [0.29, 0.717) is 18.7 Å². The van der Waals surface area contributed by atoms with E-state index in [4.69, 9.17) is 0 Å². The molecule has 7 heteroatoms. The van der Waals surface area contributed by atoms with Crippen molar-refractivity contribution in [3.8, 4) is 0 Å². The molecule has 0 saturated carbocycles. The zero-order chi connectivity index (χ0) is 11.5. The number of halogens is 3. The van der Waals surface area contributed by atoms with Crippen LogP contribution >= 0.6 is 23.7 Å². The van der Waals surface area contributed by atoms with Crippen molar-refractivity contribution in [1.82, 2.24) is 15.1 Å². The van der Waals surface area contributed by atoms with Gasteiger partial charge in [-0.2, -0.15) is 13.9 Å². The van der Waals surface area contributed by atoms with E-state index in [1.807, 2.05) is 0 Å². The first kappa shape index (κ1) is 14.1. The molecule has 3 nitrogen and oxygen atoms in total. The summed E-state index contributed by atoms with van der Waals surface area (Å²) in [5, 5.41) is 6.62. The van der Waals surface area contributed by atoms with Crippen molar-refractivity contribution in [2.75, 3.05) is 0 Å². The first-order valence-corrected chi connectivity index (χ1v) is 5.60. The third-order valence-electron chi connectivity index (χ3n) is 2.18. The lowest BCUT2D eigenvalue weighted by molar-refractivity contribution is 0.490. The van der Waals surface area contributed by atoms with Crippen molar-refractivity contribution in [2.45, 2.75) is 13.1 Å². The Labute approximate surface area is 108 Å². The van der Waals surface area contributed by atoms with Gasteiger partial charge in [-0.15, -0.1) is 23.7 Å². The molecule has 2 heterocycles. The molecule has 0 atom stereocenters. The maximum atomic E-state index is 13.3. The van der Waals surface area contributed by atoms with E-state index in [1.54, 1.807) is 13.1 Å². The third-order valence-corrected chi connectivity index (χ3v) is 3.05. The van der Waals surface area contributed by atoms with Crippen molar-refractivity contribution in [3.63, 3.8) is 0 Å². The van der Waals surface area contributed by atoms with Gasteiger partial charge < -0.3 is 5.32 Å². The first-order valence-electron chi connectivity index (χ1n) is 4.78. The minimum Gasteiger partial charge on any atom is -0.308 e. The Bertz CT molecular complexity index is 484. The zero-order valence-corrected chi connectivity index (χ0v) is 10.7. The fourth-order valence-electron chi connectivity index (χ4n) is 1.35. The maximum Gasteiger partial charge on any atom is 0.215 e. The van der Waals surface area contributed by atoms with Crippen LogP contribution in [0.5, 0.6) is 0 Å². The van der Waals surface area contributed by atoms with Crippen LogP contribution in [0.3, 0.4) is 0 Å². The van der Waals surface area contributed by atoms with Crippen LogP contribution in [0.4, 0.5) is 8.78 Å². The predicted octanol–water partition coefficient (Wildman–Crippen LogP) is 2.47. The van der Waals surface area contributed by atoms with Crippen molar-refractivity contribution >= 4 is 23.7 Å². The van der Waals surface area contributed by atoms with E-state index in [0.717, 1.165) is 16.2 Å². The highest BCUT2D eigenvalue weighted by Crippen LogP contribution is 2.14. The van der Waals surface area contributed by atoms with Crippen molar-refractivity contribution in [1.29, 1.82) is 0 Å². The minimum atomic E-state index is -0.343. The normalized spacial score (nSPS) is 10.3. The van der Waals surface area contributed by atoms with Gasteiger partial charge in [0.15, 0.2) is 5.13 Å². The Kier molecular flexibility index (Phi) is 5.04. The van der Waals surface area contributed by atoms with Crippen molar-refractivity contribution in [2.24, 2.45) is 7.05 Å². The zero-order valence-electron chi connectivity index (χ0n) is 9.11. The largest absolute Gasteiger partial charge is 0.308 e. The highest BCUT2D eigenvalue weighted by molar-refractivity contribution is 7.10. The van der Waals surface area contributed by atoms with Gasteiger partial charge in [0.25, 0.3) is 0 Å². The second kappa shape index (κ2) is 6.09.